The Morgan fingerprint density at radius 3 is 2.35 bits per heavy atom. The molecule has 0 saturated carbocycles. The first kappa shape index (κ1) is 14.0. The van der Waals surface area contributed by atoms with E-state index in [0.717, 1.165) is 25.7 Å². The smallest absolute Gasteiger partial charge is 0.182 e. The largest absolute Gasteiger partial charge is 0.507 e. The van der Waals surface area contributed by atoms with Crippen molar-refractivity contribution in [2.24, 2.45) is 0 Å². The summed E-state index contributed by atoms with van der Waals surface area (Å²) in [5.74, 6) is -0.0325. The molecule has 0 aliphatic rings. The highest BCUT2D eigenvalue weighted by Gasteiger charge is 2.17. The van der Waals surface area contributed by atoms with Crippen LogP contribution in [0.25, 0.3) is 0 Å². The third-order valence-electron chi connectivity index (χ3n) is 2.72. The number of sulfone groups is 1. The van der Waals surface area contributed by atoms with E-state index < -0.39 is 9.84 Å². The summed E-state index contributed by atoms with van der Waals surface area (Å²) < 4.78 is 23.9. The molecule has 0 heterocycles. The first-order chi connectivity index (χ1) is 8.08. The van der Waals surface area contributed by atoms with Crippen LogP contribution in [0.3, 0.4) is 0 Å². The summed E-state index contributed by atoms with van der Waals surface area (Å²) in [6.07, 6.45) is 4.97. The molecule has 0 bridgehead atoms. The number of rotatable bonds is 7. The maximum Gasteiger partial charge on any atom is 0.182 e. The summed E-state index contributed by atoms with van der Waals surface area (Å²) in [5.41, 5.74) is 0. The molecule has 1 aromatic carbocycles. The van der Waals surface area contributed by atoms with E-state index in [9.17, 15) is 13.5 Å². The summed E-state index contributed by atoms with van der Waals surface area (Å²) >= 11 is 0. The van der Waals surface area contributed by atoms with Crippen LogP contribution in [0.1, 0.15) is 39.0 Å². The minimum absolute atomic E-state index is 0.0514. The zero-order chi connectivity index (χ0) is 12.7. The molecule has 0 saturated heterocycles. The Balaban J connectivity index is 2.55. The molecule has 0 spiro atoms. The van der Waals surface area contributed by atoms with Gasteiger partial charge < -0.3 is 5.11 Å². The molecule has 0 atom stereocenters. The first-order valence-electron chi connectivity index (χ1n) is 6.08. The van der Waals surface area contributed by atoms with Crippen molar-refractivity contribution in [2.45, 2.75) is 43.9 Å². The second kappa shape index (κ2) is 6.64. The maximum atomic E-state index is 11.9. The Bertz CT molecular complexity index is 438. The molecular formula is C13H20O3S. The predicted octanol–water partition coefficient (Wildman–Crippen LogP) is 3.14. The molecule has 0 aliphatic heterocycles. The Kier molecular flexibility index (Phi) is 5.48. The molecule has 0 aliphatic carbocycles. The molecule has 3 nitrogen and oxygen atoms in total. The molecule has 0 radical (unpaired) electrons. The molecule has 4 heteroatoms. The van der Waals surface area contributed by atoms with Gasteiger partial charge in [0.1, 0.15) is 10.6 Å². The highest BCUT2D eigenvalue weighted by atomic mass is 32.2. The lowest BCUT2D eigenvalue weighted by Crippen LogP contribution is -2.07. The van der Waals surface area contributed by atoms with Gasteiger partial charge in [-0.05, 0) is 18.6 Å². The van der Waals surface area contributed by atoms with Gasteiger partial charge in [0.15, 0.2) is 9.84 Å². The lowest BCUT2D eigenvalue weighted by molar-refractivity contribution is 0.458. The summed E-state index contributed by atoms with van der Waals surface area (Å²) in [6.45, 7) is 2.12. The van der Waals surface area contributed by atoms with Gasteiger partial charge in [-0.3, -0.25) is 0 Å². The number of para-hydroxylation sites is 1. The lowest BCUT2D eigenvalue weighted by Gasteiger charge is -2.06. The van der Waals surface area contributed by atoms with Crippen LogP contribution in [-0.2, 0) is 9.84 Å². The maximum absolute atomic E-state index is 11.9. The third kappa shape index (κ3) is 4.38. The second-order valence-corrected chi connectivity index (χ2v) is 6.28. The van der Waals surface area contributed by atoms with Gasteiger partial charge in [0.25, 0.3) is 0 Å². The zero-order valence-electron chi connectivity index (χ0n) is 10.2. The SMILES string of the molecule is CCCCCCCS(=O)(=O)c1ccccc1O. The van der Waals surface area contributed by atoms with Crippen LogP contribution < -0.4 is 0 Å². The molecule has 96 valence electrons. The number of hydrogen-bond donors (Lipinski definition) is 1. The molecule has 1 rings (SSSR count). The van der Waals surface area contributed by atoms with Gasteiger partial charge in [0, 0.05) is 0 Å². The van der Waals surface area contributed by atoms with Crippen LogP contribution in [0.4, 0.5) is 0 Å². The van der Waals surface area contributed by atoms with Gasteiger partial charge in [0.05, 0.1) is 5.75 Å². The van der Waals surface area contributed by atoms with E-state index in [1.807, 2.05) is 0 Å². The Labute approximate surface area is 103 Å². The summed E-state index contributed by atoms with van der Waals surface area (Å²) in [5, 5.41) is 9.51. The molecular weight excluding hydrogens is 236 g/mol. The highest BCUT2D eigenvalue weighted by Crippen LogP contribution is 2.23. The van der Waals surface area contributed by atoms with Crippen molar-refractivity contribution in [3.05, 3.63) is 24.3 Å². The molecule has 1 aromatic rings. The predicted molar refractivity (Wildman–Crippen MR) is 68.9 cm³/mol. The van der Waals surface area contributed by atoms with Crippen LogP contribution >= 0.6 is 0 Å². The molecule has 1 N–H and O–H groups in total. The van der Waals surface area contributed by atoms with E-state index in [0.29, 0.717) is 6.42 Å². The van der Waals surface area contributed by atoms with Crippen molar-refractivity contribution in [1.29, 1.82) is 0 Å². The summed E-state index contributed by atoms with van der Waals surface area (Å²) in [7, 11) is -3.33. The van der Waals surface area contributed by atoms with Crippen molar-refractivity contribution in [3.63, 3.8) is 0 Å². The molecule has 17 heavy (non-hydrogen) atoms. The van der Waals surface area contributed by atoms with Gasteiger partial charge in [-0.1, -0.05) is 44.7 Å². The van der Waals surface area contributed by atoms with Crippen LogP contribution in [0.5, 0.6) is 5.75 Å². The van der Waals surface area contributed by atoms with Crippen LogP contribution in [0.15, 0.2) is 29.2 Å². The monoisotopic (exact) mass is 256 g/mol. The molecule has 0 aromatic heterocycles. The van der Waals surface area contributed by atoms with Gasteiger partial charge in [-0.2, -0.15) is 0 Å². The van der Waals surface area contributed by atoms with E-state index in [1.54, 1.807) is 12.1 Å². The fourth-order valence-electron chi connectivity index (χ4n) is 1.73. The average Bonchev–Trinajstić information content (AvgIpc) is 2.29. The van der Waals surface area contributed by atoms with Crippen molar-refractivity contribution < 1.29 is 13.5 Å². The third-order valence-corrected chi connectivity index (χ3v) is 4.56. The van der Waals surface area contributed by atoms with Gasteiger partial charge in [-0.25, -0.2) is 8.42 Å². The van der Waals surface area contributed by atoms with E-state index in [4.69, 9.17) is 0 Å². The fourth-order valence-corrected chi connectivity index (χ4v) is 3.20. The molecule has 0 unspecified atom stereocenters. The first-order valence-corrected chi connectivity index (χ1v) is 7.74. The number of phenolic OH excluding ortho intramolecular Hbond substituents is 1. The second-order valence-electron chi connectivity index (χ2n) is 4.20. The number of phenols is 1. The van der Waals surface area contributed by atoms with Crippen molar-refractivity contribution in [1.82, 2.24) is 0 Å². The Morgan fingerprint density at radius 2 is 1.71 bits per heavy atom. The highest BCUT2D eigenvalue weighted by molar-refractivity contribution is 7.91. The van der Waals surface area contributed by atoms with Crippen molar-refractivity contribution in [3.8, 4) is 5.75 Å². The quantitative estimate of drug-likeness (QED) is 0.762. The normalized spacial score (nSPS) is 11.6. The Hall–Kier alpha value is -1.03. The Morgan fingerprint density at radius 1 is 1.06 bits per heavy atom. The number of aromatic hydroxyl groups is 1. The van der Waals surface area contributed by atoms with Crippen molar-refractivity contribution >= 4 is 9.84 Å². The van der Waals surface area contributed by atoms with Gasteiger partial charge in [-0.15, -0.1) is 0 Å². The number of benzene rings is 1. The van der Waals surface area contributed by atoms with Crippen LogP contribution in [0.2, 0.25) is 0 Å². The topological polar surface area (TPSA) is 54.4 Å². The number of hydrogen-bond acceptors (Lipinski definition) is 3. The van der Waals surface area contributed by atoms with Crippen molar-refractivity contribution in [2.75, 3.05) is 5.75 Å². The minimum atomic E-state index is -3.33. The van der Waals surface area contributed by atoms with E-state index in [2.05, 4.69) is 6.92 Å². The fraction of sp³-hybridized carbons (Fsp3) is 0.538. The zero-order valence-corrected chi connectivity index (χ0v) is 11.0. The summed E-state index contributed by atoms with van der Waals surface area (Å²) in [4.78, 5) is 0.0514. The van der Waals surface area contributed by atoms with E-state index >= 15 is 0 Å². The van der Waals surface area contributed by atoms with Gasteiger partial charge >= 0.3 is 0 Å². The van der Waals surface area contributed by atoms with E-state index in [-0.39, 0.29) is 16.4 Å². The minimum Gasteiger partial charge on any atom is -0.507 e. The summed E-state index contributed by atoms with van der Waals surface area (Å²) in [6, 6.07) is 6.11. The van der Waals surface area contributed by atoms with Gasteiger partial charge in [0.2, 0.25) is 0 Å². The molecule has 0 fully saturated rings. The lowest BCUT2D eigenvalue weighted by atomic mass is 10.2. The standard InChI is InChI=1S/C13H20O3S/c1-2-3-4-5-8-11-17(15,16)13-10-7-6-9-12(13)14/h6-7,9-10,14H,2-5,8,11H2,1H3. The average molecular weight is 256 g/mol. The molecule has 0 amide bonds. The number of unbranched alkanes of at least 4 members (excludes halogenated alkanes) is 4. The van der Waals surface area contributed by atoms with Crippen LogP contribution in [-0.4, -0.2) is 19.3 Å². The van der Waals surface area contributed by atoms with E-state index in [1.165, 1.54) is 12.1 Å². The van der Waals surface area contributed by atoms with Crippen LogP contribution in [0, 0.1) is 0 Å².